The molecule has 1 saturated heterocycles. The molecule has 0 aromatic rings. The molecule has 2 fully saturated rings. The Kier molecular flexibility index (Phi) is 5.14. The minimum atomic E-state index is 0.0830. The molecule has 104 valence electrons. The third kappa shape index (κ3) is 3.51. The summed E-state index contributed by atoms with van der Waals surface area (Å²) in [6.45, 7) is 5.19. The van der Waals surface area contributed by atoms with E-state index >= 15 is 0 Å². The molecule has 2 nitrogen and oxygen atoms in total. The lowest BCUT2D eigenvalue weighted by Gasteiger charge is -2.37. The van der Waals surface area contributed by atoms with Gasteiger partial charge >= 0.3 is 0 Å². The van der Waals surface area contributed by atoms with Crippen molar-refractivity contribution < 1.29 is 9.53 Å². The fourth-order valence-electron chi connectivity index (χ4n) is 3.13. The first-order chi connectivity index (χ1) is 8.65. The predicted octanol–water partition coefficient (Wildman–Crippen LogP) is 3.83. The molecule has 0 bridgehead atoms. The van der Waals surface area contributed by atoms with E-state index in [1.165, 1.54) is 25.7 Å². The standard InChI is InChI=1S/C15H26O2S/c1-3-12(2)18-11-14(16)13-6-9-17-15(10-13)7-4-5-8-15/h12-13H,3-11H2,1-2H3. The molecule has 3 heteroatoms. The van der Waals surface area contributed by atoms with Gasteiger partial charge in [-0.1, -0.05) is 26.7 Å². The molecule has 1 spiro atoms. The summed E-state index contributed by atoms with van der Waals surface area (Å²) in [7, 11) is 0. The van der Waals surface area contributed by atoms with Crippen molar-refractivity contribution in [3.8, 4) is 0 Å². The zero-order valence-corrected chi connectivity index (χ0v) is 12.6. The topological polar surface area (TPSA) is 26.3 Å². The number of rotatable bonds is 5. The molecule has 1 heterocycles. The molecule has 1 aliphatic heterocycles. The van der Waals surface area contributed by atoms with E-state index < -0.39 is 0 Å². The van der Waals surface area contributed by atoms with E-state index in [0.717, 1.165) is 25.9 Å². The highest BCUT2D eigenvalue weighted by Crippen LogP contribution is 2.42. The van der Waals surface area contributed by atoms with Crippen molar-refractivity contribution in [2.75, 3.05) is 12.4 Å². The lowest BCUT2D eigenvalue weighted by atomic mass is 9.83. The van der Waals surface area contributed by atoms with E-state index in [2.05, 4.69) is 13.8 Å². The molecule has 0 radical (unpaired) electrons. The lowest BCUT2D eigenvalue weighted by molar-refractivity contribution is -0.134. The second-order valence-corrected chi connectivity index (χ2v) is 7.35. The Bertz CT molecular complexity index is 284. The molecule has 0 N–H and O–H groups in total. The highest BCUT2D eigenvalue weighted by molar-refractivity contribution is 8.00. The van der Waals surface area contributed by atoms with Gasteiger partial charge in [-0.2, -0.15) is 11.8 Å². The van der Waals surface area contributed by atoms with Gasteiger partial charge in [0.2, 0.25) is 0 Å². The third-order valence-electron chi connectivity index (χ3n) is 4.55. The van der Waals surface area contributed by atoms with Crippen LogP contribution in [0.4, 0.5) is 0 Å². The van der Waals surface area contributed by atoms with Crippen molar-refractivity contribution in [2.24, 2.45) is 5.92 Å². The largest absolute Gasteiger partial charge is 0.375 e. The van der Waals surface area contributed by atoms with Gasteiger partial charge in [0.15, 0.2) is 0 Å². The normalized spacial score (nSPS) is 28.4. The summed E-state index contributed by atoms with van der Waals surface area (Å²) < 4.78 is 5.99. The van der Waals surface area contributed by atoms with E-state index in [-0.39, 0.29) is 11.5 Å². The van der Waals surface area contributed by atoms with E-state index in [1.54, 1.807) is 0 Å². The number of Topliss-reactive ketones (excluding diaryl/α,β-unsaturated/α-hetero) is 1. The average molecular weight is 270 g/mol. The molecule has 1 aliphatic carbocycles. The van der Waals surface area contributed by atoms with Crippen molar-refractivity contribution in [3.05, 3.63) is 0 Å². The molecule has 1 saturated carbocycles. The first-order valence-electron chi connectivity index (χ1n) is 7.43. The fraction of sp³-hybridized carbons (Fsp3) is 0.933. The second-order valence-electron chi connectivity index (χ2n) is 5.92. The molecule has 0 aromatic carbocycles. The van der Waals surface area contributed by atoms with Gasteiger partial charge in [0.05, 0.1) is 11.4 Å². The summed E-state index contributed by atoms with van der Waals surface area (Å²) in [5.41, 5.74) is 0.0830. The van der Waals surface area contributed by atoms with Gasteiger partial charge in [-0.15, -0.1) is 0 Å². The van der Waals surface area contributed by atoms with Crippen LogP contribution in [0.5, 0.6) is 0 Å². The van der Waals surface area contributed by atoms with Crippen LogP contribution in [0.3, 0.4) is 0 Å². The van der Waals surface area contributed by atoms with Gasteiger partial charge in [0, 0.05) is 17.8 Å². The Hall–Kier alpha value is -0.0200. The number of hydrogen-bond donors (Lipinski definition) is 0. The summed E-state index contributed by atoms with van der Waals surface area (Å²) in [5, 5.41) is 0.606. The molecule has 0 aromatic heterocycles. The van der Waals surface area contributed by atoms with Crippen LogP contribution in [0.2, 0.25) is 0 Å². The SMILES string of the molecule is CCC(C)SCC(=O)C1CCOC2(CCCC2)C1. The molecular weight excluding hydrogens is 244 g/mol. The van der Waals surface area contributed by atoms with Gasteiger partial charge in [0.1, 0.15) is 5.78 Å². The third-order valence-corrected chi connectivity index (χ3v) is 5.90. The van der Waals surface area contributed by atoms with Crippen LogP contribution in [-0.4, -0.2) is 29.0 Å². The maximum atomic E-state index is 12.3. The molecule has 0 amide bonds. The Morgan fingerprint density at radius 2 is 2.17 bits per heavy atom. The van der Waals surface area contributed by atoms with Crippen LogP contribution < -0.4 is 0 Å². The zero-order valence-electron chi connectivity index (χ0n) is 11.7. The smallest absolute Gasteiger partial charge is 0.146 e. The fourth-order valence-corrected chi connectivity index (χ4v) is 4.05. The Balaban J connectivity index is 1.82. The van der Waals surface area contributed by atoms with Crippen LogP contribution in [0.15, 0.2) is 0 Å². The minimum absolute atomic E-state index is 0.0830. The highest BCUT2D eigenvalue weighted by atomic mass is 32.2. The molecule has 2 rings (SSSR count). The molecule has 18 heavy (non-hydrogen) atoms. The summed E-state index contributed by atoms with van der Waals surface area (Å²) in [6, 6.07) is 0. The number of thioether (sulfide) groups is 1. The summed E-state index contributed by atoms with van der Waals surface area (Å²) >= 11 is 1.82. The number of hydrogen-bond acceptors (Lipinski definition) is 3. The quantitative estimate of drug-likeness (QED) is 0.759. The van der Waals surface area contributed by atoms with Crippen LogP contribution in [0.25, 0.3) is 0 Å². The Morgan fingerprint density at radius 1 is 1.44 bits per heavy atom. The number of carbonyl (C=O) groups excluding carboxylic acids is 1. The maximum absolute atomic E-state index is 12.3. The first kappa shape index (κ1) is 14.4. The Labute approximate surface area is 115 Å². The lowest BCUT2D eigenvalue weighted by Crippen LogP contribution is -2.40. The van der Waals surface area contributed by atoms with Gasteiger partial charge in [-0.05, 0) is 32.1 Å². The highest BCUT2D eigenvalue weighted by Gasteiger charge is 2.41. The molecular formula is C15H26O2S. The molecule has 2 atom stereocenters. The van der Waals surface area contributed by atoms with Crippen molar-refractivity contribution >= 4 is 17.5 Å². The van der Waals surface area contributed by atoms with Gasteiger partial charge < -0.3 is 4.74 Å². The number of ketones is 1. The predicted molar refractivity (Wildman–Crippen MR) is 77.1 cm³/mol. The summed E-state index contributed by atoms with van der Waals surface area (Å²) in [4.78, 5) is 12.3. The van der Waals surface area contributed by atoms with Crippen molar-refractivity contribution in [2.45, 2.75) is 69.6 Å². The van der Waals surface area contributed by atoms with Crippen LogP contribution in [-0.2, 0) is 9.53 Å². The van der Waals surface area contributed by atoms with Crippen LogP contribution in [0.1, 0.15) is 58.8 Å². The van der Waals surface area contributed by atoms with E-state index in [4.69, 9.17) is 4.74 Å². The van der Waals surface area contributed by atoms with Crippen molar-refractivity contribution in [1.82, 2.24) is 0 Å². The number of ether oxygens (including phenoxy) is 1. The Morgan fingerprint density at radius 3 is 2.83 bits per heavy atom. The number of carbonyl (C=O) groups is 1. The maximum Gasteiger partial charge on any atom is 0.146 e. The molecule has 2 unspecified atom stereocenters. The summed E-state index contributed by atoms with van der Waals surface area (Å²) in [6.07, 6.45) is 8.00. The zero-order chi connectivity index (χ0) is 13.0. The van der Waals surface area contributed by atoms with Crippen molar-refractivity contribution in [3.63, 3.8) is 0 Å². The van der Waals surface area contributed by atoms with Crippen LogP contribution in [0, 0.1) is 5.92 Å². The molecule has 2 aliphatic rings. The van der Waals surface area contributed by atoms with E-state index in [9.17, 15) is 4.79 Å². The first-order valence-corrected chi connectivity index (χ1v) is 8.48. The van der Waals surface area contributed by atoms with E-state index in [0.29, 0.717) is 16.8 Å². The average Bonchev–Trinajstić information content (AvgIpc) is 2.83. The van der Waals surface area contributed by atoms with Crippen LogP contribution >= 0.6 is 11.8 Å². The van der Waals surface area contributed by atoms with Gasteiger partial charge in [0.25, 0.3) is 0 Å². The van der Waals surface area contributed by atoms with Gasteiger partial charge in [-0.25, -0.2) is 0 Å². The minimum Gasteiger partial charge on any atom is -0.375 e. The van der Waals surface area contributed by atoms with Crippen molar-refractivity contribution in [1.29, 1.82) is 0 Å². The van der Waals surface area contributed by atoms with Gasteiger partial charge in [-0.3, -0.25) is 4.79 Å². The second kappa shape index (κ2) is 6.42. The summed E-state index contributed by atoms with van der Waals surface area (Å²) in [5.74, 6) is 1.44. The monoisotopic (exact) mass is 270 g/mol. The van der Waals surface area contributed by atoms with E-state index in [1.807, 2.05) is 11.8 Å².